The van der Waals surface area contributed by atoms with Gasteiger partial charge in [0.2, 0.25) is 0 Å². The van der Waals surface area contributed by atoms with Gasteiger partial charge in [-0.25, -0.2) is 9.97 Å². The summed E-state index contributed by atoms with van der Waals surface area (Å²) >= 11 is 11.4. The highest BCUT2D eigenvalue weighted by Gasteiger charge is 2.08. The van der Waals surface area contributed by atoms with Gasteiger partial charge in [-0.2, -0.15) is 0 Å². The summed E-state index contributed by atoms with van der Waals surface area (Å²) in [7, 11) is 0. The summed E-state index contributed by atoms with van der Waals surface area (Å²) in [5.41, 5.74) is 0.519. The second-order valence-corrected chi connectivity index (χ2v) is 5.11. The third-order valence-electron chi connectivity index (χ3n) is 2.62. The fourth-order valence-electron chi connectivity index (χ4n) is 1.55. The fourth-order valence-corrected chi connectivity index (χ4v) is 1.78. The van der Waals surface area contributed by atoms with Crippen molar-refractivity contribution < 1.29 is 9.59 Å². The number of hydrogen-bond acceptors (Lipinski definition) is 4. The normalized spacial score (nSPS) is 10.1. The maximum absolute atomic E-state index is 11.8. The molecule has 0 aliphatic carbocycles. The van der Waals surface area contributed by atoms with Gasteiger partial charge < -0.3 is 10.6 Å². The number of carbonyl (C=O) groups is 2. The van der Waals surface area contributed by atoms with Gasteiger partial charge in [0.25, 0.3) is 11.8 Å². The molecule has 0 bridgehead atoms. The maximum atomic E-state index is 11.8. The van der Waals surface area contributed by atoms with Crippen LogP contribution in [0.5, 0.6) is 0 Å². The maximum Gasteiger partial charge on any atom is 0.269 e. The first-order valence-electron chi connectivity index (χ1n) is 6.36. The summed E-state index contributed by atoms with van der Waals surface area (Å²) in [4.78, 5) is 31.3. The van der Waals surface area contributed by atoms with Crippen molar-refractivity contribution >= 4 is 35.0 Å². The third kappa shape index (κ3) is 4.68. The monoisotopic (exact) mass is 338 g/mol. The molecule has 22 heavy (non-hydrogen) atoms. The van der Waals surface area contributed by atoms with E-state index in [1.54, 1.807) is 12.1 Å². The predicted molar refractivity (Wildman–Crippen MR) is 83.2 cm³/mol. The lowest BCUT2D eigenvalue weighted by Gasteiger charge is -2.06. The molecule has 2 heterocycles. The van der Waals surface area contributed by atoms with E-state index in [0.29, 0.717) is 10.0 Å². The number of hydrogen-bond donors (Lipinski definition) is 2. The summed E-state index contributed by atoms with van der Waals surface area (Å²) in [6, 6.07) is 6.21. The van der Waals surface area contributed by atoms with Gasteiger partial charge >= 0.3 is 0 Å². The van der Waals surface area contributed by atoms with Gasteiger partial charge in [-0.3, -0.25) is 9.59 Å². The summed E-state index contributed by atoms with van der Waals surface area (Å²) in [5, 5.41) is 6.18. The van der Waals surface area contributed by atoms with Crippen LogP contribution in [0.3, 0.4) is 0 Å². The van der Waals surface area contributed by atoms with Crippen LogP contribution in [-0.2, 0) is 0 Å². The van der Waals surface area contributed by atoms with Crippen LogP contribution in [0.1, 0.15) is 21.0 Å². The summed E-state index contributed by atoms with van der Waals surface area (Å²) < 4.78 is 0. The molecule has 8 heteroatoms. The third-order valence-corrected chi connectivity index (χ3v) is 3.06. The summed E-state index contributed by atoms with van der Waals surface area (Å²) in [5.74, 6) is -0.675. The van der Waals surface area contributed by atoms with Crippen molar-refractivity contribution in [3.8, 4) is 0 Å². The van der Waals surface area contributed by atoms with Crippen molar-refractivity contribution in [2.45, 2.75) is 0 Å². The Morgan fingerprint density at radius 2 is 1.23 bits per heavy atom. The van der Waals surface area contributed by atoms with Crippen molar-refractivity contribution in [2.75, 3.05) is 13.1 Å². The molecule has 2 amide bonds. The molecule has 0 aromatic carbocycles. The molecule has 2 aromatic heterocycles. The Labute approximate surface area is 136 Å². The lowest BCUT2D eigenvalue weighted by Crippen LogP contribution is -2.35. The lowest BCUT2D eigenvalue weighted by atomic mass is 10.3. The number of pyridine rings is 2. The van der Waals surface area contributed by atoms with Crippen LogP contribution in [0.15, 0.2) is 36.7 Å². The molecule has 0 saturated heterocycles. The van der Waals surface area contributed by atoms with E-state index in [-0.39, 0.29) is 36.3 Å². The van der Waals surface area contributed by atoms with Gasteiger partial charge in [0.15, 0.2) is 0 Å². The van der Waals surface area contributed by atoms with E-state index in [4.69, 9.17) is 23.2 Å². The Morgan fingerprint density at radius 1 is 0.818 bits per heavy atom. The van der Waals surface area contributed by atoms with Crippen molar-refractivity contribution in [1.29, 1.82) is 0 Å². The Bertz CT molecular complexity index is 600. The van der Waals surface area contributed by atoms with E-state index in [1.807, 2.05) is 0 Å². The highest BCUT2D eigenvalue weighted by atomic mass is 35.5. The number of aromatic nitrogens is 2. The van der Waals surface area contributed by atoms with Crippen LogP contribution in [0.25, 0.3) is 0 Å². The first kappa shape index (κ1) is 16.2. The molecule has 0 atom stereocenters. The molecule has 0 spiro atoms. The largest absolute Gasteiger partial charge is 0.349 e. The van der Waals surface area contributed by atoms with Crippen molar-refractivity contribution in [1.82, 2.24) is 20.6 Å². The predicted octanol–water partition coefficient (Wildman–Crippen LogP) is 1.94. The van der Waals surface area contributed by atoms with Crippen LogP contribution in [0.4, 0.5) is 0 Å². The van der Waals surface area contributed by atoms with Crippen molar-refractivity contribution in [3.63, 3.8) is 0 Å². The van der Waals surface area contributed by atoms with Gasteiger partial charge in [-0.05, 0) is 24.3 Å². The van der Waals surface area contributed by atoms with Crippen LogP contribution in [-0.4, -0.2) is 34.9 Å². The van der Waals surface area contributed by atoms with Gasteiger partial charge in [0, 0.05) is 25.5 Å². The molecule has 0 aliphatic rings. The SMILES string of the molecule is O=C(NCCNC(=O)c1ccc(Cl)cn1)c1ccc(Cl)cn1. The number of nitrogens with zero attached hydrogens (tertiary/aromatic N) is 2. The van der Waals surface area contributed by atoms with Gasteiger partial charge in [0.05, 0.1) is 10.0 Å². The Morgan fingerprint density at radius 3 is 1.55 bits per heavy atom. The van der Waals surface area contributed by atoms with Crippen LogP contribution >= 0.6 is 23.2 Å². The summed E-state index contributed by atoms with van der Waals surface area (Å²) in [6.07, 6.45) is 2.79. The zero-order valence-electron chi connectivity index (χ0n) is 11.3. The molecule has 114 valence electrons. The van der Waals surface area contributed by atoms with E-state index in [0.717, 1.165) is 0 Å². The molecule has 0 fully saturated rings. The molecule has 6 nitrogen and oxygen atoms in total. The van der Waals surface area contributed by atoms with Crippen LogP contribution in [0, 0.1) is 0 Å². The van der Waals surface area contributed by atoms with Crippen molar-refractivity contribution in [3.05, 3.63) is 58.1 Å². The van der Waals surface area contributed by atoms with E-state index in [1.165, 1.54) is 24.5 Å². The fraction of sp³-hybridized carbons (Fsp3) is 0.143. The smallest absolute Gasteiger partial charge is 0.269 e. The molecular formula is C14H12Cl2N4O2. The topological polar surface area (TPSA) is 84.0 Å². The summed E-state index contributed by atoms with van der Waals surface area (Å²) in [6.45, 7) is 0.533. The highest BCUT2D eigenvalue weighted by Crippen LogP contribution is 2.06. The van der Waals surface area contributed by atoms with E-state index >= 15 is 0 Å². The van der Waals surface area contributed by atoms with Gasteiger partial charge in [-0.1, -0.05) is 23.2 Å². The standard InChI is InChI=1S/C14H12Cl2N4O2/c15-9-1-3-11(19-7-9)13(21)17-5-6-18-14(22)12-4-2-10(16)8-20-12/h1-4,7-8H,5-6H2,(H,17,21)(H,18,22). The molecule has 0 radical (unpaired) electrons. The minimum atomic E-state index is -0.337. The average molecular weight is 339 g/mol. The molecule has 0 saturated carbocycles. The first-order valence-corrected chi connectivity index (χ1v) is 7.11. The Hall–Kier alpha value is -2.18. The molecule has 2 rings (SSSR count). The molecular weight excluding hydrogens is 327 g/mol. The number of carbonyl (C=O) groups excluding carboxylic acids is 2. The Kier molecular flexibility index (Phi) is 5.68. The second-order valence-electron chi connectivity index (χ2n) is 4.24. The van der Waals surface area contributed by atoms with Gasteiger partial charge in [0.1, 0.15) is 11.4 Å². The molecule has 0 unspecified atom stereocenters. The van der Waals surface area contributed by atoms with Crippen molar-refractivity contribution in [2.24, 2.45) is 0 Å². The first-order chi connectivity index (χ1) is 10.6. The van der Waals surface area contributed by atoms with E-state index < -0.39 is 0 Å². The second kappa shape index (κ2) is 7.72. The average Bonchev–Trinajstić information content (AvgIpc) is 2.52. The Balaban J connectivity index is 1.74. The minimum Gasteiger partial charge on any atom is -0.349 e. The van der Waals surface area contributed by atoms with Crippen LogP contribution in [0.2, 0.25) is 10.0 Å². The zero-order chi connectivity index (χ0) is 15.9. The minimum absolute atomic E-state index is 0.259. The molecule has 2 N–H and O–H groups in total. The molecule has 2 aromatic rings. The number of rotatable bonds is 5. The van der Waals surface area contributed by atoms with E-state index in [2.05, 4.69) is 20.6 Å². The quantitative estimate of drug-likeness (QED) is 0.816. The van der Waals surface area contributed by atoms with Crippen LogP contribution < -0.4 is 10.6 Å². The lowest BCUT2D eigenvalue weighted by molar-refractivity contribution is 0.0923. The highest BCUT2D eigenvalue weighted by molar-refractivity contribution is 6.30. The zero-order valence-corrected chi connectivity index (χ0v) is 12.9. The van der Waals surface area contributed by atoms with Gasteiger partial charge in [-0.15, -0.1) is 0 Å². The number of halogens is 2. The van der Waals surface area contributed by atoms with E-state index in [9.17, 15) is 9.59 Å². The molecule has 0 aliphatic heterocycles. The number of amides is 2. The number of nitrogens with one attached hydrogen (secondary N) is 2.